The Morgan fingerprint density at radius 1 is 0.765 bits per heavy atom. The molecule has 2 aromatic carbocycles. The number of hydrogen-bond acceptors (Lipinski definition) is 1. The Bertz CT molecular complexity index is 505. The van der Waals surface area contributed by atoms with E-state index in [9.17, 15) is 0 Å². The lowest BCUT2D eigenvalue weighted by atomic mass is 10.0. The Labute approximate surface area is 102 Å². The molecule has 0 amide bonds. The molecule has 2 aromatic rings. The van der Waals surface area contributed by atoms with Crippen LogP contribution in [0.4, 0.5) is 5.69 Å². The molecular weight excluding hydrogens is 206 g/mol. The molecular formula is C16H15N. The van der Waals surface area contributed by atoms with E-state index in [1.807, 2.05) is 0 Å². The van der Waals surface area contributed by atoms with E-state index in [1.54, 1.807) is 0 Å². The van der Waals surface area contributed by atoms with E-state index in [1.165, 1.54) is 22.4 Å². The molecule has 0 aliphatic carbocycles. The van der Waals surface area contributed by atoms with Crippen LogP contribution in [0, 0.1) is 0 Å². The first-order chi connectivity index (χ1) is 8.43. The standard InChI is InChI=1S/C16H15N/c1-2-6-14-11-12-17-16-8-4-3-7-15(16)10-9-13(14)5-1/h1-10,17H,11-12H2/b10-9-. The van der Waals surface area contributed by atoms with Crippen LogP contribution in [0.5, 0.6) is 0 Å². The minimum atomic E-state index is 0.982. The van der Waals surface area contributed by atoms with Crippen LogP contribution in [0.1, 0.15) is 16.7 Å². The lowest BCUT2D eigenvalue weighted by molar-refractivity contribution is 1.02. The van der Waals surface area contributed by atoms with Crippen LogP contribution < -0.4 is 5.32 Å². The van der Waals surface area contributed by atoms with Crippen molar-refractivity contribution in [3.8, 4) is 0 Å². The van der Waals surface area contributed by atoms with Gasteiger partial charge < -0.3 is 5.32 Å². The summed E-state index contributed by atoms with van der Waals surface area (Å²) in [6.45, 7) is 0.982. The zero-order chi connectivity index (χ0) is 11.5. The molecule has 0 saturated carbocycles. The zero-order valence-electron chi connectivity index (χ0n) is 9.69. The third kappa shape index (κ3) is 2.09. The quantitative estimate of drug-likeness (QED) is 0.713. The van der Waals surface area contributed by atoms with Crippen LogP contribution in [0.2, 0.25) is 0 Å². The Morgan fingerprint density at radius 3 is 2.41 bits per heavy atom. The summed E-state index contributed by atoms with van der Waals surface area (Å²) in [5.74, 6) is 0. The first-order valence-electron chi connectivity index (χ1n) is 6.02. The second kappa shape index (κ2) is 4.46. The molecule has 1 nitrogen and oxygen atoms in total. The highest BCUT2D eigenvalue weighted by Gasteiger charge is 2.03. The van der Waals surface area contributed by atoms with Gasteiger partial charge in [-0.3, -0.25) is 0 Å². The number of rotatable bonds is 0. The van der Waals surface area contributed by atoms with Gasteiger partial charge in [-0.15, -0.1) is 0 Å². The fourth-order valence-corrected chi connectivity index (χ4v) is 2.24. The molecule has 1 aliphatic heterocycles. The highest BCUT2D eigenvalue weighted by atomic mass is 14.9. The number of nitrogens with one attached hydrogen (secondary N) is 1. The number of anilines is 1. The Balaban J connectivity index is 2.06. The van der Waals surface area contributed by atoms with Gasteiger partial charge in [-0.1, -0.05) is 54.6 Å². The molecule has 0 saturated heterocycles. The molecule has 17 heavy (non-hydrogen) atoms. The van der Waals surface area contributed by atoms with Crippen molar-refractivity contribution in [2.24, 2.45) is 0 Å². The third-order valence-electron chi connectivity index (χ3n) is 3.17. The minimum Gasteiger partial charge on any atom is -0.384 e. The van der Waals surface area contributed by atoms with E-state index < -0.39 is 0 Å². The van der Waals surface area contributed by atoms with Gasteiger partial charge in [-0.2, -0.15) is 0 Å². The second-order valence-electron chi connectivity index (χ2n) is 4.30. The summed E-state index contributed by atoms with van der Waals surface area (Å²) in [7, 11) is 0. The maximum Gasteiger partial charge on any atom is 0.0413 e. The third-order valence-corrected chi connectivity index (χ3v) is 3.17. The van der Waals surface area contributed by atoms with Gasteiger partial charge in [-0.05, 0) is 29.2 Å². The maximum atomic E-state index is 3.49. The average molecular weight is 221 g/mol. The van der Waals surface area contributed by atoms with E-state index >= 15 is 0 Å². The topological polar surface area (TPSA) is 12.0 Å². The SMILES string of the molecule is C1=C\c2ccccc2NCCc2ccccc2/1. The number of hydrogen-bond donors (Lipinski definition) is 1. The predicted molar refractivity (Wildman–Crippen MR) is 74.0 cm³/mol. The van der Waals surface area contributed by atoms with Gasteiger partial charge in [0, 0.05) is 12.2 Å². The van der Waals surface area contributed by atoms with E-state index in [4.69, 9.17) is 0 Å². The summed E-state index contributed by atoms with van der Waals surface area (Å²) in [5.41, 5.74) is 5.20. The number of fused-ring (bicyclic) bond motifs is 2. The van der Waals surface area contributed by atoms with Crippen molar-refractivity contribution in [1.82, 2.24) is 0 Å². The fourth-order valence-electron chi connectivity index (χ4n) is 2.24. The molecule has 0 bridgehead atoms. The smallest absolute Gasteiger partial charge is 0.0413 e. The fraction of sp³-hybridized carbons (Fsp3) is 0.125. The molecule has 0 spiro atoms. The molecule has 84 valence electrons. The van der Waals surface area contributed by atoms with Gasteiger partial charge >= 0.3 is 0 Å². The van der Waals surface area contributed by atoms with Crippen LogP contribution >= 0.6 is 0 Å². The zero-order valence-corrected chi connectivity index (χ0v) is 9.69. The van der Waals surface area contributed by atoms with E-state index in [-0.39, 0.29) is 0 Å². The largest absolute Gasteiger partial charge is 0.384 e. The van der Waals surface area contributed by atoms with E-state index in [0.717, 1.165) is 13.0 Å². The number of benzene rings is 2. The molecule has 1 aliphatic rings. The monoisotopic (exact) mass is 221 g/mol. The molecule has 0 atom stereocenters. The Hall–Kier alpha value is -2.02. The van der Waals surface area contributed by atoms with Crippen LogP contribution in [0.25, 0.3) is 12.2 Å². The molecule has 3 rings (SSSR count). The summed E-state index contributed by atoms with van der Waals surface area (Å²) in [5, 5.41) is 3.49. The van der Waals surface area contributed by atoms with Crippen molar-refractivity contribution in [3.63, 3.8) is 0 Å². The van der Waals surface area contributed by atoms with Gasteiger partial charge in [0.15, 0.2) is 0 Å². The second-order valence-corrected chi connectivity index (χ2v) is 4.30. The van der Waals surface area contributed by atoms with Gasteiger partial charge in [0.25, 0.3) is 0 Å². The van der Waals surface area contributed by atoms with Crippen LogP contribution in [0.15, 0.2) is 48.5 Å². The maximum absolute atomic E-state index is 3.49. The van der Waals surface area contributed by atoms with Gasteiger partial charge in [0.1, 0.15) is 0 Å². The average Bonchev–Trinajstić information content (AvgIpc) is 2.47. The molecule has 1 N–H and O–H groups in total. The van der Waals surface area contributed by atoms with Crippen LogP contribution in [0.3, 0.4) is 0 Å². The van der Waals surface area contributed by atoms with Crippen molar-refractivity contribution < 1.29 is 0 Å². The van der Waals surface area contributed by atoms with Gasteiger partial charge in [0.2, 0.25) is 0 Å². The normalized spacial score (nSPS) is 15.5. The summed E-state index contributed by atoms with van der Waals surface area (Å²) in [4.78, 5) is 0. The van der Waals surface area contributed by atoms with Crippen LogP contribution in [-0.4, -0.2) is 6.54 Å². The van der Waals surface area contributed by atoms with Crippen molar-refractivity contribution in [3.05, 3.63) is 65.2 Å². The van der Waals surface area contributed by atoms with E-state index in [0.29, 0.717) is 0 Å². The minimum absolute atomic E-state index is 0.982. The van der Waals surface area contributed by atoms with E-state index in [2.05, 4.69) is 66.0 Å². The lowest BCUT2D eigenvalue weighted by Crippen LogP contribution is -2.05. The number of para-hydroxylation sites is 1. The highest BCUT2D eigenvalue weighted by Crippen LogP contribution is 2.21. The van der Waals surface area contributed by atoms with Crippen molar-refractivity contribution in [1.29, 1.82) is 0 Å². The van der Waals surface area contributed by atoms with Gasteiger partial charge in [0.05, 0.1) is 0 Å². The molecule has 0 unspecified atom stereocenters. The Kier molecular flexibility index (Phi) is 2.66. The molecule has 0 fully saturated rings. The lowest BCUT2D eigenvalue weighted by Gasteiger charge is -2.08. The molecule has 0 radical (unpaired) electrons. The van der Waals surface area contributed by atoms with Crippen molar-refractivity contribution in [2.45, 2.75) is 6.42 Å². The first-order valence-corrected chi connectivity index (χ1v) is 6.02. The molecule has 1 heterocycles. The van der Waals surface area contributed by atoms with Crippen molar-refractivity contribution in [2.75, 3.05) is 11.9 Å². The predicted octanol–water partition coefficient (Wildman–Crippen LogP) is 3.83. The van der Waals surface area contributed by atoms with Crippen LogP contribution in [-0.2, 0) is 6.42 Å². The summed E-state index contributed by atoms with van der Waals surface area (Å²) in [6.07, 6.45) is 5.46. The summed E-state index contributed by atoms with van der Waals surface area (Å²) >= 11 is 0. The summed E-state index contributed by atoms with van der Waals surface area (Å²) < 4.78 is 0. The first kappa shape index (κ1) is 10.2. The van der Waals surface area contributed by atoms with Crippen molar-refractivity contribution >= 4 is 17.8 Å². The summed E-state index contributed by atoms with van der Waals surface area (Å²) in [6, 6.07) is 17.0. The molecule has 0 aromatic heterocycles. The van der Waals surface area contributed by atoms with Gasteiger partial charge in [-0.25, -0.2) is 0 Å². The highest BCUT2D eigenvalue weighted by molar-refractivity contribution is 5.78. The Morgan fingerprint density at radius 2 is 1.47 bits per heavy atom. The molecule has 1 heteroatoms.